The molecule has 0 saturated heterocycles. The van der Waals surface area contributed by atoms with Gasteiger partial charge in [-0.2, -0.15) is 23.0 Å². The first-order valence-corrected chi connectivity index (χ1v) is 6.45. The van der Waals surface area contributed by atoms with Crippen molar-refractivity contribution < 1.29 is 17.6 Å². The first-order valence-electron chi connectivity index (χ1n) is 6.45. The van der Waals surface area contributed by atoms with Gasteiger partial charge in [-0.1, -0.05) is 6.07 Å². The van der Waals surface area contributed by atoms with Crippen molar-refractivity contribution in [1.82, 2.24) is 9.78 Å². The number of hydrogen-bond donors (Lipinski definition) is 0. The molecule has 0 atom stereocenters. The minimum absolute atomic E-state index is 0.141. The quantitative estimate of drug-likeness (QED) is 0.690. The smallest absolute Gasteiger partial charge is 0.403 e. The molecule has 0 aliphatic carbocycles. The van der Waals surface area contributed by atoms with E-state index in [9.17, 15) is 18.0 Å². The number of fused-ring (bicyclic) bond motifs is 1. The summed E-state index contributed by atoms with van der Waals surface area (Å²) >= 11 is 0. The highest BCUT2D eigenvalue weighted by Gasteiger charge is 2.30. The molecular formula is C15H11F3N2O2. The van der Waals surface area contributed by atoms with Crippen LogP contribution in [0.25, 0.3) is 16.8 Å². The first kappa shape index (κ1) is 14.4. The predicted molar refractivity (Wildman–Crippen MR) is 74.1 cm³/mol. The molecule has 0 N–H and O–H groups in total. The Kier molecular flexibility index (Phi) is 3.09. The van der Waals surface area contributed by atoms with E-state index in [1.165, 1.54) is 22.9 Å². The van der Waals surface area contributed by atoms with Crippen LogP contribution in [0, 0.1) is 13.8 Å². The summed E-state index contributed by atoms with van der Waals surface area (Å²) in [6.45, 7) is 3.43. The Morgan fingerprint density at radius 1 is 1.18 bits per heavy atom. The van der Waals surface area contributed by atoms with E-state index in [-0.39, 0.29) is 11.4 Å². The summed E-state index contributed by atoms with van der Waals surface area (Å²) in [6.07, 6.45) is -4.45. The molecular weight excluding hydrogens is 297 g/mol. The molecule has 0 radical (unpaired) electrons. The lowest BCUT2D eigenvalue weighted by molar-refractivity contribution is -0.137. The van der Waals surface area contributed by atoms with Crippen molar-refractivity contribution in [2.24, 2.45) is 0 Å². The second-order valence-corrected chi connectivity index (χ2v) is 4.97. The van der Waals surface area contributed by atoms with Crippen LogP contribution in [0.1, 0.15) is 16.8 Å². The first-order chi connectivity index (χ1) is 10.3. The van der Waals surface area contributed by atoms with E-state index < -0.39 is 17.4 Å². The number of hydrogen-bond acceptors (Lipinski definition) is 3. The van der Waals surface area contributed by atoms with Gasteiger partial charge in [-0.3, -0.25) is 0 Å². The van der Waals surface area contributed by atoms with Crippen LogP contribution in [-0.2, 0) is 6.18 Å². The number of aromatic nitrogens is 2. The second-order valence-electron chi connectivity index (χ2n) is 4.97. The van der Waals surface area contributed by atoms with Crippen LogP contribution in [0.4, 0.5) is 13.2 Å². The SMILES string of the molecule is Cc1cc(=O)oc2c1c(C)nn2-c1cccc(C(F)(F)F)c1. The molecule has 3 aromatic rings. The summed E-state index contributed by atoms with van der Waals surface area (Å²) < 4.78 is 44.8. The van der Waals surface area contributed by atoms with Crippen molar-refractivity contribution in [2.45, 2.75) is 20.0 Å². The monoisotopic (exact) mass is 308 g/mol. The molecule has 1 aromatic carbocycles. The van der Waals surface area contributed by atoms with Crippen LogP contribution in [0.3, 0.4) is 0 Å². The van der Waals surface area contributed by atoms with E-state index in [1.807, 2.05) is 0 Å². The van der Waals surface area contributed by atoms with Crippen molar-refractivity contribution in [1.29, 1.82) is 0 Å². The lowest BCUT2D eigenvalue weighted by Crippen LogP contribution is -2.07. The zero-order valence-electron chi connectivity index (χ0n) is 11.7. The Bertz CT molecular complexity index is 923. The fourth-order valence-electron chi connectivity index (χ4n) is 2.42. The maximum absolute atomic E-state index is 12.8. The van der Waals surface area contributed by atoms with E-state index in [1.54, 1.807) is 13.8 Å². The zero-order valence-corrected chi connectivity index (χ0v) is 11.7. The van der Waals surface area contributed by atoms with Crippen LogP contribution < -0.4 is 5.63 Å². The lowest BCUT2D eigenvalue weighted by atomic mass is 10.2. The van der Waals surface area contributed by atoms with Gasteiger partial charge in [-0.05, 0) is 37.6 Å². The van der Waals surface area contributed by atoms with Gasteiger partial charge in [0.1, 0.15) is 0 Å². The summed E-state index contributed by atoms with van der Waals surface area (Å²) in [6, 6.07) is 6.03. The van der Waals surface area contributed by atoms with Gasteiger partial charge in [0.15, 0.2) is 0 Å². The maximum atomic E-state index is 12.8. The summed E-state index contributed by atoms with van der Waals surface area (Å²) in [5.74, 6) is 0. The molecule has 0 fully saturated rings. The highest BCUT2D eigenvalue weighted by Crippen LogP contribution is 2.31. The molecule has 22 heavy (non-hydrogen) atoms. The van der Waals surface area contributed by atoms with Gasteiger partial charge in [-0.25, -0.2) is 4.79 Å². The molecule has 2 heterocycles. The highest BCUT2D eigenvalue weighted by atomic mass is 19.4. The van der Waals surface area contributed by atoms with E-state index in [0.29, 0.717) is 16.6 Å². The Balaban J connectivity index is 2.30. The number of benzene rings is 1. The summed E-state index contributed by atoms with van der Waals surface area (Å²) in [5.41, 5.74) is 0.207. The number of rotatable bonds is 1. The van der Waals surface area contributed by atoms with Gasteiger partial charge in [0.25, 0.3) is 0 Å². The van der Waals surface area contributed by atoms with Gasteiger partial charge in [0.05, 0.1) is 22.3 Å². The van der Waals surface area contributed by atoms with Crippen molar-refractivity contribution >= 4 is 11.1 Å². The maximum Gasteiger partial charge on any atom is 0.416 e. The molecule has 4 nitrogen and oxygen atoms in total. The second kappa shape index (κ2) is 4.72. The molecule has 0 spiro atoms. The molecule has 7 heteroatoms. The third-order valence-electron chi connectivity index (χ3n) is 3.36. The highest BCUT2D eigenvalue weighted by molar-refractivity contribution is 5.81. The molecule has 0 aliphatic rings. The average molecular weight is 308 g/mol. The van der Waals surface area contributed by atoms with Gasteiger partial charge in [-0.15, -0.1) is 0 Å². The van der Waals surface area contributed by atoms with Gasteiger partial charge in [0, 0.05) is 6.07 Å². The summed E-state index contributed by atoms with van der Waals surface area (Å²) in [7, 11) is 0. The molecule has 0 aliphatic heterocycles. The van der Waals surface area contributed by atoms with Crippen LogP contribution in [-0.4, -0.2) is 9.78 Å². The van der Waals surface area contributed by atoms with E-state index in [2.05, 4.69) is 5.10 Å². The largest absolute Gasteiger partial charge is 0.416 e. The fraction of sp³-hybridized carbons (Fsp3) is 0.200. The topological polar surface area (TPSA) is 48.0 Å². The van der Waals surface area contributed by atoms with Crippen molar-refractivity contribution in [3.63, 3.8) is 0 Å². The Morgan fingerprint density at radius 3 is 2.59 bits per heavy atom. The molecule has 2 aromatic heterocycles. The Hall–Kier alpha value is -2.57. The number of aryl methyl sites for hydroxylation is 2. The number of halogens is 3. The third kappa shape index (κ3) is 2.28. The van der Waals surface area contributed by atoms with Crippen molar-refractivity contribution in [3.05, 3.63) is 57.6 Å². The minimum Gasteiger partial charge on any atom is -0.403 e. The molecule has 114 valence electrons. The van der Waals surface area contributed by atoms with Crippen LogP contribution in [0.2, 0.25) is 0 Å². The van der Waals surface area contributed by atoms with Gasteiger partial charge in [0.2, 0.25) is 5.71 Å². The molecule has 0 saturated carbocycles. The lowest BCUT2D eigenvalue weighted by Gasteiger charge is -2.08. The molecule has 0 unspecified atom stereocenters. The van der Waals surface area contributed by atoms with E-state index in [4.69, 9.17) is 4.42 Å². The molecule has 3 rings (SSSR count). The average Bonchev–Trinajstić information content (AvgIpc) is 2.75. The van der Waals surface area contributed by atoms with Crippen molar-refractivity contribution in [3.8, 4) is 5.69 Å². The summed E-state index contributed by atoms with van der Waals surface area (Å²) in [5, 5.41) is 4.82. The molecule has 0 amide bonds. The number of alkyl halides is 3. The third-order valence-corrected chi connectivity index (χ3v) is 3.36. The Morgan fingerprint density at radius 2 is 1.91 bits per heavy atom. The van der Waals surface area contributed by atoms with Crippen molar-refractivity contribution in [2.75, 3.05) is 0 Å². The van der Waals surface area contributed by atoms with Crippen LogP contribution >= 0.6 is 0 Å². The van der Waals surface area contributed by atoms with E-state index in [0.717, 1.165) is 12.1 Å². The van der Waals surface area contributed by atoms with Gasteiger partial charge >= 0.3 is 11.8 Å². The normalized spacial score (nSPS) is 12.0. The Labute approximate surface area is 122 Å². The summed E-state index contributed by atoms with van der Waals surface area (Å²) in [4.78, 5) is 11.5. The van der Waals surface area contributed by atoms with Crippen LogP contribution in [0.15, 0.2) is 39.5 Å². The standard InChI is InChI=1S/C15H11F3N2O2/c1-8-6-12(21)22-14-13(8)9(2)19-20(14)11-5-3-4-10(7-11)15(16,17)18/h3-7H,1-2H3. The zero-order chi connectivity index (χ0) is 16.1. The molecule has 0 bridgehead atoms. The predicted octanol–water partition coefficient (Wildman–Crippen LogP) is 3.61. The van der Waals surface area contributed by atoms with E-state index >= 15 is 0 Å². The minimum atomic E-state index is -4.45. The number of nitrogens with zero attached hydrogens (tertiary/aromatic N) is 2. The van der Waals surface area contributed by atoms with Gasteiger partial charge < -0.3 is 4.42 Å². The fourth-order valence-corrected chi connectivity index (χ4v) is 2.42. The van der Waals surface area contributed by atoms with Crippen LogP contribution in [0.5, 0.6) is 0 Å².